The Hall–Kier alpha value is -0.420. The number of carbonyl (C=O) groups is 1. The Bertz CT molecular complexity index is 347. The maximum atomic E-state index is 11.8. The van der Waals surface area contributed by atoms with E-state index in [1.807, 2.05) is 0 Å². The van der Waals surface area contributed by atoms with Gasteiger partial charge in [-0.05, 0) is 28.8 Å². The van der Waals surface area contributed by atoms with E-state index in [0.29, 0.717) is 10.9 Å². The van der Waals surface area contributed by atoms with Crippen molar-refractivity contribution in [3.05, 3.63) is 15.0 Å². The molecule has 1 aromatic heterocycles. The average molecular weight is 289 g/mol. The molecule has 1 heterocycles. The van der Waals surface area contributed by atoms with Crippen LogP contribution in [0.3, 0.4) is 0 Å². The molecule has 0 aromatic carbocycles. The molecule has 0 aliphatic heterocycles. The SMILES string of the molecule is O=C(NC1CCCCC1)c1cnc(Br)s1. The number of halogens is 1. The van der Waals surface area contributed by atoms with Crippen LogP contribution in [0.15, 0.2) is 10.1 Å². The highest BCUT2D eigenvalue weighted by atomic mass is 79.9. The smallest absolute Gasteiger partial charge is 0.263 e. The number of amides is 1. The second-order valence-corrected chi connectivity index (χ2v) is 6.09. The van der Waals surface area contributed by atoms with Gasteiger partial charge >= 0.3 is 0 Å². The number of rotatable bonds is 2. The molecule has 0 atom stereocenters. The largest absolute Gasteiger partial charge is 0.349 e. The summed E-state index contributed by atoms with van der Waals surface area (Å²) in [7, 11) is 0. The van der Waals surface area contributed by atoms with Crippen molar-refractivity contribution >= 4 is 33.2 Å². The van der Waals surface area contributed by atoms with E-state index in [-0.39, 0.29) is 5.91 Å². The van der Waals surface area contributed by atoms with Crippen molar-refractivity contribution in [3.63, 3.8) is 0 Å². The summed E-state index contributed by atoms with van der Waals surface area (Å²) < 4.78 is 0.760. The summed E-state index contributed by atoms with van der Waals surface area (Å²) in [6, 6.07) is 0.368. The summed E-state index contributed by atoms with van der Waals surface area (Å²) in [5, 5.41) is 3.06. The molecule has 1 N–H and O–H groups in total. The normalized spacial score (nSPS) is 17.7. The Morgan fingerprint density at radius 3 is 2.80 bits per heavy atom. The van der Waals surface area contributed by atoms with Gasteiger partial charge < -0.3 is 5.32 Å². The monoisotopic (exact) mass is 288 g/mol. The standard InChI is InChI=1S/C10H13BrN2OS/c11-10-12-6-8(15-10)9(14)13-7-4-2-1-3-5-7/h6-7H,1-5H2,(H,13,14). The van der Waals surface area contributed by atoms with E-state index in [9.17, 15) is 4.79 Å². The van der Waals surface area contributed by atoms with Crippen LogP contribution in [-0.2, 0) is 0 Å². The number of carbonyl (C=O) groups excluding carboxylic acids is 1. The first-order valence-electron chi connectivity index (χ1n) is 5.18. The fraction of sp³-hybridized carbons (Fsp3) is 0.600. The molecule has 1 fully saturated rings. The third-order valence-electron chi connectivity index (χ3n) is 2.64. The highest BCUT2D eigenvalue weighted by molar-refractivity contribution is 9.11. The Morgan fingerprint density at radius 2 is 2.20 bits per heavy atom. The third-order valence-corrected chi connectivity index (χ3v) is 4.12. The fourth-order valence-corrected chi connectivity index (χ4v) is 3.03. The molecule has 2 rings (SSSR count). The Morgan fingerprint density at radius 1 is 1.47 bits per heavy atom. The van der Waals surface area contributed by atoms with Gasteiger partial charge in [0.2, 0.25) is 0 Å². The number of hydrogen-bond donors (Lipinski definition) is 1. The lowest BCUT2D eigenvalue weighted by Gasteiger charge is -2.22. The van der Waals surface area contributed by atoms with Crippen LogP contribution >= 0.6 is 27.3 Å². The van der Waals surface area contributed by atoms with Crippen molar-refractivity contribution in [1.82, 2.24) is 10.3 Å². The first-order valence-corrected chi connectivity index (χ1v) is 6.79. The molecule has 1 aliphatic rings. The van der Waals surface area contributed by atoms with Crippen LogP contribution in [0.1, 0.15) is 41.8 Å². The Kier molecular flexibility index (Phi) is 3.75. The molecule has 0 spiro atoms. The van der Waals surface area contributed by atoms with E-state index in [1.165, 1.54) is 30.6 Å². The molecule has 0 radical (unpaired) electrons. The van der Waals surface area contributed by atoms with Crippen LogP contribution in [-0.4, -0.2) is 16.9 Å². The van der Waals surface area contributed by atoms with Crippen LogP contribution in [0.2, 0.25) is 0 Å². The molecule has 1 aromatic rings. The lowest BCUT2D eigenvalue weighted by atomic mass is 9.95. The maximum absolute atomic E-state index is 11.8. The van der Waals surface area contributed by atoms with Crippen molar-refractivity contribution in [2.24, 2.45) is 0 Å². The quantitative estimate of drug-likeness (QED) is 0.909. The molecular formula is C10H13BrN2OS. The summed E-state index contributed by atoms with van der Waals surface area (Å²) in [5.74, 6) is 0.0186. The number of nitrogens with one attached hydrogen (secondary N) is 1. The van der Waals surface area contributed by atoms with Gasteiger partial charge in [-0.25, -0.2) is 4.98 Å². The topological polar surface area (TPSA) is 42.0 Å². The lowest BCUT2D eigenvalue weighted by molar-refractivity contribution is 0.0931. The van der Waals surface area contributed by atoms with Crippen molar-refractivity contribution in [2.45, 2.75) is 38.1 Å². The summed E-state index contributed by atoms with van der Waals surface area (Å²) >= 11 is 4.63. The molecule has 0 saturated heterocycles. The minimum Gasteiger partial charge on any atom is -0.349 e. The van der Waals surface area contributed by atoms with E-state index in [4.69, 9.17) is 0 Å². The van der Waals surface area contributed by atoms with Gasteiger partial charge in [-0.2, -0.15) is 0 Å². The molecule has 1 amide bonds. The predicted octanol–water partition coefficient (Wildman–Crippen LogP) is 2.97. The van der Waals surface area contributed by atoms with E-state index < -0.39 is 0 Å². The average Bonchev–Trinajstić information content (AvgIpc) is 2.66. The molecule has 15 heavy (non-hydrogen) atoms. The first kappa shape index (κ1) is 11.1. The van der Waals surface area contributed by atoms with Gasteiger partial charge in [0.15, 0.2) is 3.92 Å². The zero-order valence-electron chi connectivity index (χ0n) is 8.33. The number of thiazole rings is 1. The van der Waals surface area contributed by atoms with Crippen LogP contribution < -0.4 is 5.32 Å². The van der Waals surface area contributed by atoms with Crippen molar-refractivity contribution in [2.75, 3.05) is 0 Å². The molecular weight excluding hydrogens is 276 g/mol. The van der Waals surface area contributed by atoms with Crippen LogP contribution in [0, 0.1) is 0 Å². The van der Waals surface area contributed by atoms with E-state index in [2.05, 4.69) is 26.2 Å². The second kappa shape index (κ2) is 5.07. The fourth-order valence-electron chi connectivity index (χ4n) is 1.86. The molecule has 0 bridgehead atoms. The van der Waals surface area contributed by atoms with Gasteiger partial charge in [-0.15, -0.1) is 11.3 Å². The minimum absolute atomic E-state index is 0.0186. The van der Waals surface area contributed by atoms with Gasteiger partial charge in [-0.3, -0.25) is 4.79 Å². The zero-order chi connectivity index (χ0) is 10.7. The summed E-state index contributed by atoms with van der Waals surface area (Å²) in [5.41, 5.74) is 0. The minimum atomic E-state index is 0.0186. The van der Waals surface area contributed by atoms with Crippen molar-refractivity contribution in [3.8, 4) is 0 Å². The third kappa shape index (κ3) is 3.01. The van der Waals surface area contributed by atoms with Crippen LogP contribution in [0.25, 0.3) is 0 Å². The highest BCUT2D eigenvalue weighted by Crippen LogP contribution is 2.21. The zero-order valence-corrected chi connectivity index (χ0v) is 10.7. The van der Waals surface area contributed by atoms with Gasteiger partial charge in [0.05, 0.1) is 6.20 Å². The van der Waals surface area contributed by atoms with Crippen molar-refractivity contribution in [1.29, 1.82) is 0 Å². The van der Waals surface area contributed by atoms with Crippen molar-refractivity contribution < 1.29 is 4.79 Å². The van der Waals surface area contributed by atoms with Crippen LogP contribution in [0.4, 0.5) is 0 Å². The molecule has 5 heteroatoms. The number of aromatic nitrogens is 1. The molecule has 82 valence electrons. The van der Waals surface area contributed by atoms with E-state index >= 15 is 0 Å². The molecule has 3 nitrogen and oxygen atoms in total. The predicted molar refractivity (Wildman–Crippen MR) is 64.2 cm³/mol. The van der Waals surface area contributed by atoms with Gasteiger partial charge in [0, 0.05) is 6.04 Å². The Balaban J connectivity index is 1.91. The van der Waals surface area contributed by atoms with E-state index in [0.717, 1.165) is 16.8 Å². The van der Waals surface area contributed by atoms with Crippen LogP contribution in [0.5, 0.6) is 0 Å². The van der Waals surface area contributed by atoms with Gasteiger partial charge in [0.1, 0.15) is 4.88 Å². The molecule has 1 saturated carbocycles. The maximum Gasteiger partial charge on any atom is 0.263 e. The van der Waals surface area contributed by atoms with Gasteiger partial charge in [0.25, 0.3) is 5.91 Å². The summed E-state index contributed by atoms with van der Waals surface area (Å²) in [4.78, 5) is 16.5. The number of hydrogen-bond acceptors (Lipinski definition) is 3. The number of nitrogens with zero attached hydrogens (tertiary/aromatic N) is 1. The summed E-state index contributed by atoms with van der Waals surface area (Å²) in [6.07, 6.45) is 7.62. The van der Waals surface area contributed by atoms with E-state index in [1.54, 1.807) is 6.20 Å². The summed E-state index contributed by atoms with van der Waals surface area (Å²) in [6.45, 7) is 0. The molecule has 0 unspecified atom stereocenters. The molecule has 1 aliphatic carbocycles. The highest BCUT2D eigenvalue weighted by Gasteiger charge is 2.17. The Labute approximate surface area is 101 Å². The second-order valence-electron chi connectivity index (χ2n) is 3.79. The van der Waals surface area contributed by atoms with Gasteiger partial charge in [-0.1, -0.05) is 19.3 Å². The first-order chi connectivity index (χ1) is 7.25. The lowest BCUT2D eigenvalue weighted by Crippen LogP contribution is -2.35.